The number of rotatable bonds is 4. The number of nitrogens with zero attached hydrogens (tertiary/aromatic N) is 1. The molecule has 3 rings (SSSR count). The molecular formula is C19H16FN3O. The number of aromatic amines is 1. The van der Waals surface area contributed by atoms with Gasteiger partial charge in [-0.1, -0.05) is 12.1 Å². The van der Waals surface area contributed by atoms with Crippen LogP contribution < -0.4 is 5.32 Å². The minimum Gasteiger partial charge on any atom is -0.358 e. The topological polar surface area (TPSA) is 68.7 Å². The van der Waals surface area contributed by atoms with Gasteiger partial charge in [-0.15, -0.1) is 0 Å². The van der Waals surface area contributed by atoms with Gasteiger partial charge in [0.1, 0.15) is 5.82 Å². The number of aryl methyl sites for hydroxylation is 1. The van der Waals surface area contributed by atoms with Gasteiger partial charge in [0, 0.05) is 23.1 Å². The van der Waals surface area contributed by atoms with Crippen LogP contribution in [-0.4, -0.2) is 10.9 Å². The lowest BCUT2D eigenvalue weighted by Crippen LogP contribution is -2.24. The highest BCUT2D eigenvalue weighted by Crippen LogP contribution is 2.23. The SMILES string of the molecule is Cc1[nH]c2ccc(F)cc2c1CC(=O)NCc1cccc(C#N)c1. The van der Waals surface area contributed by atoms with E-state index in [2.05, 4.69) is 16.4 Å². The highest BCUT2D eigenvalue weighted by Gasteiger charge is 2.13. The molecule has 1 heterocycles. The van der Waals surface area contributed by atoms with Crippen LogP contribution in [0.1, 0.15) is 22.4 Å². The summed E-state index contributed by atoms with van der Waals surface area (Å²) in [4.78, 5) is 15.4. The summed E-state index contributed by atoms with van der Waals surface area (Å²) in [7, 11) is 0. The molecule has 1 amide bonds. The molecule has 0 saturated heterocycles. The second-order valence-electron chi connectivity index (χ2n) is 5.68. The normalized spacial score (nSPS) is 10.5. The Balaban J connectivity index is 1.72. The maximum absolute atomic E-state index is 13.5. The Bertz CT molecular complexity index is 953. The lowest BCUT2D eigenvalue weighted by Gasteiger charge is -2.06. The molecule has 2 N–H and O–H groups in total. The number of hydrogen-bond acceptors (Lipinski definition) is 2. The van der Waals surface area contributed by atoms with E-state index in [1.807, 2.05) is 13.0 Å². The van der Waals surface area contributed by atoms with E-state index in [9.17, 15) is 9.18 Å². The minimum absolute atomic E-state index is 0.148. The molecule has 0 bridgehead atoms. The predicted octanol–water partition coefficient (Wildman–Crippen LogP) is 3.35. The van der Waals surface area contributed by atoms with Crippen LogP contribution in [0.4, 0.5) is 4.39 Å². The molecule has 0 radical (unpaired) electrons. The molecule has 0 atom stereocenters. The van der Waals surface area contributed by atoms with E-state index in [4.69, 9.17) is 5.26 Å². The molecular weight excluding hydrogens is 305 g/mol. The maximum atomic E-state index is 13.5. The van der Waals surface area contributed by atoms with Gasteiger partial charge < -0.3 is 10.3 Å². The van der Waals surface area contributed by atoms with Gasteiger partial charge in [-0.2, -0.15) is 5.26 Å². The van der Waals surface area contributed by atoms with Gasteiger partial charge in [0.2, 0.25) is 5.91 Å². The molecule has 0 spiro atoms. The summed E-state index contributed by atoms with van der Waals surface area (Å²) in [6.45, 7) is 2.22. The van der Waals surface area contributed by atoms with Gasteiger partial charge in [0.25, 0.3) is 0 Å². The van der Waals surface area contributed by atoms with E-state index in [-0.39, 0.29) is 18.1 Å². The summed E-state index contributed by atoms with van der Waals surface area (Å²) in [5, 5.41) is 12.5. The van der Waals surface area contributed by atoms with Crippen LogP contribution >= 0.6 is 0 Å². The standard InChI is InChI=1S/C19H16FN3O/c1-12-16(17-8-15(20)5-6-18(17)23-12)9-19(24)22-11-14-4-2-3-13(7-14)10-21/h2-8,23H,9,11H2,1H3,(H,22,24). The summed E-state index contributed by atoms with van der Waals surface area (Å²) < 4.78 is 13.5. The van der Waals surface area contributed by atoms with Crippen molar-refractivity contribution in [1.82, 2.24) is 10.3 Å². The number of nitriles is 1. The Morgan fingerprint density at radius 3 is 2.92 bits per heavy atom. The van der Waals surface area contributed by atoms with Crippen LogP contribution in [0.5, 0.6) is 0 Å². The molecule has 3 aromatic rings. The zero-order valence-electron chi connectivity index (χ0n) is 13.2. The van der Waals surface area contributed by atoms with Crippen molar-refractivity contribution in [2.45, 2.75) is 19.9 Å². The summed E-state index contributed by atoms with van der Waals surface area (Å²) in [5.41, 5.74) is 3.90. The van der Waals surface area contributed by atoms with Crippen LogP contribution in [0.15, 0.2) is 42.5 Å². The fraction of sp³-hybridized carbons (Fsp3) is 0.158. The molecule has 4 nitrogen and oxygen atoms in total. The van der Waals surface area contributed by atoms with Crippen LogP contribution in [0.2, 0.25) is 0 Å². The van der Waals surface area contributed by atoms with Gasteiger partial charge in [0.05, 0.1) is 18.1 Å². The molecule has 0 saturated carbocycles. The molecule has 5 heteroatoms. The third-order valence-electron chi connectivity index (χ3n) is 3.96. The molecule has 0 aliphatic carbocycles. The summed E-state index contributed by atoms with van der Waals surface area (Å²) in [6.07, 6.45) is 0.174. The Morgan fingerprint density at radius 2 is 2.12 bits per heavy atom. The highest BCUT2D eigenvalue weighted by atomic mass is 19.1. The highest BCUT2D eigenvalue weighted by molar-refractivity contribution is 5.90. The monoisotopic (exact) mass is 321 g/mol. The smallest absolute Gasteiger partial charge is 0.224 e. The Hall–Kier alpha value is -3.13. The fourth-order valence-electron chi connectivity index (χ4n) is 2.76. The van der Waals surface area contributed by atoms with Crippen LogP contribution in [0, 0.1) is 24.1 Å². The van der Waals surface area contributed by atoms with Crippen molar-refractivity contribution < 1.29 is 9.18 Å². The number of hydrogen-bond donors (Lipinski definition) is 2. The van der Waals surface area contributed by atoms with Crippen molar-refractivity contribution in [2.75, 3.05) is 0 Å². The van der Waals surface area contributed by atoms with Gasteiger partial charge in [-0.05, 0) is 48.4 Å². The number of nitrogens with one attached hydrogen (secondary N) is 2. The van der Waals surface area contributed by atoms with E-state index in [0.29, 0.717) is 12.1 Å². The van der Waals surface area contributed by atoms with Crippen LogP contribution in [0.25, 0.3) is 10.9 Å². The Labute approximate surface area is 138 Å². The van der Waals surface area contributed by atoms with E-state index < -0.39 is 0 Å². The second-order valence-corrected chi connectivity index (χ2v) is 5.68. The van der Waals surface area contributed by atoms with Gasteiger partial charge >= 0.3 is 0 Å². The number of fused-ring (bicyclic) bond motifs is 1. The van der Waals surface area contributed by atoms with Crippen molar-refractivity contribution in [1.29, 1.82) is 5.26 Å². The van der Waals surface area contributed by atoms with E-state index in [1.54, 1.807) is 24.3 Å². The number of carbonyl (C=O) groups excluding carboxylic acids is 1. The number of benzene rings is 2. The molecule has 0 aliphatic rings. The van der Waals surface area contributed by atoms with Crippen molar-refractivity contribution in [3.05, 3.63) is 70.7 Å². The molecule has 120 valence electrons. The van der Waals surface area contributed by atoms with Gasteiger partial charge in [-0.25, -0.2) is 4.39 Å². The summed E-state index contributed by atoms with van der Waals surface area (Å²) in [6, 6.07) is 13.7. The Kier molecular flexibility index (Phi) is 4.30. The first-order chi connectivity index (χ1) is 11.6. The molecule has 1 aromatic heterocycles. The van der Waals surface area contributed by atoms with E-state index in [1.165, 1.54) is 12.1 Å². The Morgan fingerprint density at radius 1 is 1.29 bits per heavy atom. The molecule has 0 unspecified atom stereocenters. The minimum atomic E-state index is -0.323. The third-order valence-corrected chi connectivity index (χ3v) is 3.96. The van der Waals surface area contributed by atoms with Crippen molar-refractivity contribution >= 4 is 16.8 Å². The summed E-state index contributed by atoms with van der Waals surface area (Å²) >= 11 is 0. The average Bonchev–Trinajstić information content (AvgIpc) is 2.88. The number of H-pyrrole nitrogens is 1. The van der Waals surface area contributed by atoms with Crippen molar-refractivity contribution in [2.24, 2.45) is 0 Å². The first kappa shape index (κ1) is 15.8. The zero-order chi connectivity index (χ0) is 17.1. The maximum Gasteiger partial charge on any atom is 0.224 e. The van der Waals surface area contributed by atoms with Crippen molar-refractivity contribution in [3.63, 3.8) is 0 Å². The van der Waals surface area contributed by atoms with E-state index >= 15 is 0 Å². The molecule has 0 fully saturated rings. The molecule has 0 aliphatic heterocycles. The zero-order valence-corrected chi connectivity index (χ0v) is 13.2. The third kappa shape index (κ3) is 3.28. The molecule has 2 aromatic carbocycles. The quantitative estimate of drug-likeness (QED) is 0.774. The first-order valence-electron chi connectivity index (χ1n) is 7.59. The second kappa shape index (κ2) is 6.55. The number of halogens is 1. The van der Waals surface area contributed by atoms with Gasteiger partial charge in [0.15, 0.2) is 0 Å². The van der Waals surface area contributed by atoms with E-state index in [0.717, 1.165) is 27.7 Å². The van der Waals surface area contributed by atoms with Gasteiger partial charge in [-0.3, -0.25) is 4.79 Å². The lowest BCUT2D eigenvalue weighted by atomic mass is 10.1. The largest absolute Gasteiger partial charge is 0.358 e. The summed E-state index contributed by atoms with van der Waals surface area (Å²) in [5.74, 6) is -0.470. The molecule has 24 heavy (non-hydrogen) atoms. The number of aromatic nitrogens is 1. The predicted molar refractivity (Wildman–Crippen MR) is 89.7 cm³/mol. The van der Waals surface area contributed by atoms with Crippen molar-refractivity contribution in [3.8, 4) is 6.07 Å². The number of carbonyl (C=O) groups is 1. The van der Waals surface area contributed by atoms with Crippen LogP contribution in [0.3, 0.4) is 0 Å². The number of amides is 1. The average molecular weight is 321 g/mol. The lowest BCUT2D eigenvalue weighted by molar-refractivity contribution is -0.120. The van der Waals surface area contributed by atoms with Crippen LogP contribution in [-0.2, 0) is 17.8 Å². The first-order valence-corrected chi connectivity index (χ1v) is 7.59. The fourth-order valence-corrected chi connectivity index (χ4v) is 2.76.